The zero-order chi connectivity index (χ0) is 15.8. The minimum atomic E-state index is -0.676. The first-order valence-electron chi connectivity index (χ1n) is 8.92. The van der Waals surface area contributed by atoms with Crippen LogP contribution >= 0.6 is 0 Å². The van der Waals surface area contributed by atoms with Crippen molar-refractivity contribution in [3.05, 3.63) is 23.8 Å². The van der Waals surface area contributed by atoms with E-state index in [-0.39, 0.29) is 16.9 Å². The zero-order valence-corrected chi connectivity index (χ0v) is 13.9. The SMILES string of the molecule is C[C@]12C=CC(N)(N)CC1=CCC1C2CC[C@@]2(C)C1CC[C@@H]2O. The van der Waals surface area contributed by atoms with Gasteiger partial charge in [-0.3, -0.25) is 0 Å². The Bertz CT molecular complexity index is 552. The van der Waals surface area contributed by atoms with E-state index >= 15 is 0 Å². The lowest BCUT2D eigenvalue weighted by molar-refractivity contribution is -0.0546. The third-order valence-electron chi connectivity index (χ3n) is 7.72. The largest absolute Gasteiger partial charge is 0.393 e. The highest BCUT2D eigenvalue weighted by Crippen LogP contribution is 2.63. The van der Waals surface area contributed by atoms with E-state index in [0.29, 0.717) is 17.8 Å². The number of rotatable bonds is 0. The molecule has 4 aliphatic rings. The fraction of sp³-hybridized carbons (Fsp3) is 0.789. The Morgan fingerprint density at radius 1 is 1.09 bits per heavy atom. The molecule has 0 heterocycles. The van der Waals surface area contributed by atoms with Crippen molar-refractivity contribution in [3.8, 4) is 0 Å². The Kier molecular flexibility index (Phi) is 3.03. The molecule has 0 saturated heterocycles. The second kappa shape index (κ2) is 4.46. The fourth-order valence-corrected chi connectivity index (χ4v) is 6.28. The van der Waals surface area contributed by atoms with Crippen LogP contribution < -0.4 is 11.5 Å². The highest BCUT2D eigenvalue weighted by Gasteiger charge is 2.58. The van der Waals surface area contributed by atoms with Gasteiger partial charge in [-0.15, -0.1) is 0 Å². The van der Waals surface area contributed by atoms with Crippen LogP contribution in [0.2, 0.25) is 0 Å². The van der Waals surface area contributed by atoms with Crippen LogP contribution in [0.5, 0.6) is 0 Å². The Labute approximate surface area is 133 Å². The van der Waals surface area contributed by atoms with Gasteiger partial charge >= 0.3 is 0 Å². The van der Waals surface area contributed by atoms with Gasteiger partial charge in [-0.2, -0.15) is 0 Å². The van der Waals surface area contributed by atoms with Crippen LogP contribution in [0.1, 0.15) is 52.4 Å². The topological polar surface area (TPSA) is 72.3 Å². The smallest absolute Gasteiger partial charge is 0.0866 e. The molecule has 0 aliphatic heterocycles. The molecule has 0 radical (unpaired) electrons. The van der Waals surface area contributed by atoms with E-state index in [4.69, 9.17) is 11.5 Å². The second-order valence-electron chi connectivity index (χ2n) is 8.88. The first-order chi connectivity index (χ1) is 10.3. The Morgan fingerprint density at radius 3 is 2.64 bits per heavy atom. The van der Waals surface area contributed by atoms with Gasteiger partial charge in [0, 0.05) is 11.8 Å². The number of nitrogens with two attached hydrogens (primary N) is 2. The summed E-state index contributed by atoms with van der Waals surface area (Å²) >= 11 is 0. The Hall–Kier alpha value is -0.640. The van der Waals surface area contributed by atoms with Gasteiger partial charge in [-0.1, -0.05) is 37.6 Å². The van der Waals surface area contributed by atoms with E-state index in [0.717, 1.165) is 25.7 Å². The lowest BCUT2D eigenvalue weighted by Crippen LogP contribution is -2.55. The Balaban J connectivity index is 1.71. The summed E-state index contributed by atoms with van der Waals surface area (Å²) in [6.45, 7) is 4.71. The van der Waals surface area contributed by atoms with E-state index in [9.17, 15) is 5.11 Å². The third kappa shape index (κ3) is 1.85. The lowest BCUT2D eigenvalue weighted by atomic mass is 9.49. The molecular weight excluding hydrogens is 272 g/mol. The van der Waals surface area contributed by atoms with Crippen molar-refractivity contribution in [1.82, 2.24) is 0 Å². The van der Waals surface area contributed by atoms with Crippen LogP contribution in [0.15, 0.2) is 23.8 Å². The summed E-state index contributed by atoms with van der Waals surface area (Å²) in [6.07, 6.45) is 13.1. The molecule has 2 saturated carbocycles. The molecule has 6 atom stereocenters. The van der Waals surface area contributed by atoms with Crippen molar-refractivity contribution in [1.29, 1.82) is 0 Å². The molecule has 5 N–H and O–H groups in total. The van der Waals surface area contributed by atoms with Crippen LogP contribution in [-0.2, 0) is 0 Å². The first-order valence-corrected chi connectivity index (χ1v) is 8.92. The van der Waals surface area contributed by atoms with E-state index < -0.39 is 5.66 Å². The van der Waals surface area contributed by atoms with Gasteiger partial charge in [0.05, 0.1) is 11.8 Å². The molecule has 0 aromatic rings. The average Bonchev–Trinajstić information content (AvgIpc) is 2.76. The zero-order valence-electron chi connectivity index (χ0n) is 13.9. The van der Waals surface area contributed by atoms with E-state index in [1.807, 2.05) is 6.08 Å². The second-order valence-corrected chi connectivity index (χ2v) is 8.88. The Morgan fingerprint density at radius 2 is 1.86 bits per heavy atom. The summed E-state index contributed by atoms with van der Waals surface area (Å²) in [6, 6.07) is 0. The molecule has 3 unspecified atom stereocenters. The molecule has 122 valence electrons. The summed E-state index contributed by atoms with van der Waals surface area (Å²) in [5, 5.41) is 10.5. The number of allylic oxidation sites excluding steroid dienone is 2. The van der Waals surface area contributed by atoms with Crippen molar-refractivity contribution in [2.24, 2.45) is 40.1 Å². The molecule has 0 amide bonds. The molecule has 3 heteroatoms. The molecule has 0 spiro atoms. The molecule has 0 aromatic carbocycles. The first kappa shape index (κ1) is 14.9. The van der Waals surface area contributed by atoms with Gasteiger partial charge in [0.15, 0.2) is 0 Å². The van der Waals surface area contributed by atoms with Gasteiger partial charge < -0.3 is 16.6 Å². The average molecular weight is 302 g/mol. The number of aliphatic hydroxyl groups excluding tert-OH is 1. The maximum atomic E-state index is 10.5. The normalized spacial score (nSPS) is 52.5. The minimum absolute atomic E-state index is 0.0979. The molecule has 2 fully saturated rings. The van der Waals surface area contributed by atoms with Crippen LogP contribution in [-0.4, -0.2) is 16.9 Å². The summed E-state index contributed by atoms with van der Waals surface area (Å²) < 4.78 is 0. The summed E-state index contributed by atoms with van der Waals surface area (Å²) in [5.74, 6) is 2.06. The van der Waals surface area contributed by atoms with Gasteiger partial charge in [-0.25, -0.2) is 0 Å². The third-order valence-corrected chi connectivity index (χ3v) is 7.72. The maximum absolute atomic E-state index is 10.5. The molecule has 0 aromatic heterocycles. The molecule has 0 bridgehead atoms. The highest BCUT2D eigenvalue weighted by atomic mass is 16.3. The van der Waals surface area contributed by atoms with Gasteiger partial charge in [-0.05, 0) is 55.3 Å². The molecular formula is C19H30N2O. The molecule has 22 heavy (non-hydrogen) atoms. The highest BCUT2D eigenvalue weighted by molar-refractivity contribution is 5.35. The minimum Gasteiger partial charge on any atom is -0.393 e. The number of hydrogen-bond acceptors (Lipinski definition) is 3. The monoisotopic (exact) mass is 302 g/mol. The quantitative estimate of drug-likeness (QED) is 0.476. The predicted octanol–water partition coefficient (Wildman–Crippen LogP) is 2.70. The molecule has 4 aliphatic carbocycles. The molecule has 4 rings (SSSR count). The van der Waals surface area contributed by atoms with Crippen molar-refractivity contribution in [2.75, 3.05) is 0 Å². The summed E-state index contributed by atoms with van der Waals surface area (Å²) in [5.41, 5.74) is 13.3. The van der Waals surface area contributed by atoms with Gasteiger partial charge in [0.2, 0.25) is 0 Å². The van der Waals surface area contributed by atoms with Crippen LogP contribution in [0.3, 0.4) is 0 Å². The number of fused-ring (bicyclic) bond motifs is 5. The van der Waals surface area contributed by atoms with Gasteiger partial charge in [0.1, 0.15) is 0 Å². The van der Waals surface area contributed by atoms with Crippen LogP contribution in [0, 0.1) is 28.6 Å². The van der Waals surface area contributed by atoms with E-state index in [1.165, 1.54) is 18.4 Å². The fourth-order valence-electron chi connectivity index (χ4n) is 6.28. The lowest BCUT2D eigenvalue weighted by Gasteiger charge is -2.56. The number of aliphatic hydroxyl groups is 1. The van der Waals surface area contributed by atoms with Crippen LogP contribution in [0.25, 0.3) is 0 Å². The summed E-state index contributed by atoms with van der Waals surface area (Å²) in [7, 11) is 0. The molecule has 3 nitrogen and oxygen atoms in total. The van der Waals surface area contributed by atoms with E-state index in [2.05, 4.69) is 26.0 Å². The number of hydrogen-bond donors (Lipinski definition) is 3. The van der Waals surface area contributed by atoms with Crippen molar-refractivity contribution >= 4 is 0 Å². The van der Waals surface area contributed by atoms with E-state index in [1.54, 1.807) is 0 Å². The standard InChI is InChI=1S/C19H30N2O/c1-17-9-10-19(20,21)11-12(17)3-4-13-14-5-6-16(22)18(14,2)8-7-15(13)17/h3,9-10,13-16,22H,4-8,11,20-21H2,1-2H3/t13?,14?,15?,16-,17-,18-/m0/s1. The van der Waals surface area contributed by atoms with Crippen molar-refractivity contribution in [3.63, 3.8) is 0 Å². The van der Waals surface area contributed by atoms with Crippen molar-refractivity contribution < 1.29 is 5.11 Å². The predicted molar refractivity (Wildman–Crippen MR) is 88.7 cm³/mol. The summed E-state index contributed by atoms with van der Waals surface area (Å²) in [4.78, 5) is 0. The van der Waals surface area contributed by atoms with Crippen LogP contribution in [0.4, 0.5) is 0 Å². The maximum Gasteiger partial charge on any atom is 0.0866 e. The van der Waals surface area contributed by atoms with Gasteiger partial charge in [0.25, 0.3) is 0 Å². The van der Waals surface area contributed by atoms with Crippen molar-refractivity contribution in [2.45, 2.75) is 64.1 Å².